The lowest BCUT2D eigenvalue weighted by atomic mass is 10.2. The number of benzene rings is 1. The van der Waals surface area contributed by atoms with E-state index < -0.39 is 27.5 Å². The maximum absolute atomic E-state index is 12.2. The van der Waals surface area contributed by atoms with Gasteiger partial charge in [-0.3, -0.25) is 0 Å². The zero-order valence-corrected chi connectivity index (χ0v) is 12.8. The summed E-state index contributed by atoms with van der Waals surface area (Å²) in [6.45, 7) is 1.83. The highest BCUT2D eigenvalue weighted by molar-refractivity contribution is 7.91. The number of aryl methyl sites for hydroxylation is 1. The van der Waals surface area contributed by atoms with E-state index in [-0.39, 0.29) is 10.5 Å². The second-order valence-corrected chi connectivity index (χ2v) is 6.25. The van der Waals surface area contributed by atoms with Crippen molar-refractivity contribution in [1.29, 1.82) is 0 Å². The molecule has 0 aliphatic rings. The lowest BCUT2D eigenvalue weighted by Crippen LogP contribution is -2.18. The fourth-order valence-corrected chi connectivity index (χ4v) is 2.85. The van der Waals surface area contributed by atoms with Crippen molar-refractivity contribution in [3.05, 3.63) is 41.5 Å². The highest BCUT2D eigenvalue weighted by Crippen LogP contribution is 2.15. The minimum absolute atomic E-state index is 0.0627. The van der Waals surface area contributed by atoms with Crippen LogP contribution in [0.15, 0.2) is 40.8 Å². The molecule has 1 aromatic rings. The lowest BCUT2D eigenvalue weighted by molar-refractivity contribution is -0.138. The molecule has 1 aromatic carbocycles. The summed E-state index contributed by atoms with van der Waals surface area (Å²) in [7, 11) is -1.53. The third-order valence-corrected chi connectivity index (χ3v) is 4.35. The summed E-state index contributed by atoms with van der Waals surface area (Å²) < 4.78 is 33.4. The largest absolute Gasteiger partial charge is 0.466 e. The van der Waals surface area contributed by atoms with Gasteiger partial charge in [0.05, 0.1) is 30.4 Å². The van der Waals surface area contributed by atoms with E-state index >= 15 is 0 Å². The van der Waals surface area contributed by atoms with Crippen LogP contribution in [-0.2, 0) is 28.9 Å². The Morgan fingerprint density at radius 2 is 1.67 bits per heavy atom. The van der Waals surface area contributed by atoms with Crippen molar-refractivity contribution in [2.24, 2.45) is 0 Å². The Balaban J connectivity index is 3.13. The van der Waals surface area contributed by atoms with Gasteiger partial charge in [0.25, 0.3) is 0 Å². The predicted molar refractivity (Wildman–Crippen MR) is 75.3 cm³/mol. The van der Waals surface area contributed by atoms with Crippen LogP contribution in [0.1, 0.15) is 5.56 Å². The molecule has 0 unspecified atom stereocenters. The maximum Gasteiger partial charge on any atom is 0.335 e. The maximum atomic E-state index is 12.2. The Labute approximate surface area is 123 Å². The third-order valence-electron chi connectivity index (χ3n) is 2.67. The van der Waals surface area contributed by atoms with Gasteiger partial charge in [0.15, 0.2) is 9.84 Å². The van der Waals surface area contributed by atoms with Crippen molar-refractivity contribution in [3.8, 4) is 0 Å². The number of esters is 2. The molecule has 0 bridgehead atoms. The molecule has 114 valence electrons. The van der Waals surface area contributed by atoms with Crippen LogP contribution >= 0.6 is 0 Å². The minimum Gasteiger partial charge on any atom is -0.466 e. The standard InChI is InChI=1S/C14H16O6S/c1-10-4-6-12(7-5-10)21(17,18)9-11(14(16)20-3)8-13(15)19-2/h4-8H,9H2,1-3H3/b11-8+. The van der Waals surface area contributed by atoms with Crippen LogP contribution in [-0.4, -0.2) is 40.3 Å². The molecule has 0 aliphatic carbocycles. The average Bonchev–Trinajstić information content (AvgIpc) is 2.45. The Bertz CT molecular complexity index is 655. The number of rotatable bonds is 5. The molecule has 7 heteroatoms. The summed E-state index contributed by atoms with van der Waals surface area (Å²) in [5.41, 5.74) is 0.622. The summed E-state index contributed by atoms with van der Waals surface area (Å²) in [6, 6.07) is 6.18. The van der Waals surface area contributed by atoms with Gasteiger partial charge in [-0.05, 0) is 19.1 Å². The van der Waals surface area contributed by atoms with Crippen LogP contribution in [0, 0.1) is 6.92 Å². The molecule has 6 nitrogen and oxygen atoms in total. The van der Waals surface area contributed by atoms with Crippen molar-refractivity contribution < 1.29 is 27.5 Å². The summed E-state index contributed by atoms with van der Waals surface area (Å²) in [6.07, 6.45) is 0.817. The van der Waals surface area contributed by atoms with Gasteiger partial charge in [0.1, 0.15) is 0 Å². The molecule has 0 aliphatic heterocycles. The number of hydrogen-bond donors (Lipinski definition) is 0. The van der Waals surface area contributed by atoms with Crippen LogP contribution < -0.4 is 0 Å². The first kappa shape index (κ1) is 16.9. The topological polar surface area (TPSA) is 86.7 Å². The van der Waals surface area contributed by atoms with Crippen molar-refractivity contribution >= 4 is 21.8 Å². The molecule has 0 spiro atoms. The first-order chi connectivity index (χ1) is 9.80. The molecular weight excluding hydrogens is 296 g/mol. The van der Waals surface area contributed by atoms with E-state index in [0.717, 1.165) is 25.9 Å². The van der Waals surface area contributed by atoms with Gasteiger partial charge in [-0.1, -0.05) is 17.7 Å². The normalized spacial score (nSPS) is 11.9. The van der Waals surface area contributed by atoms with Crippen LogP contribution in [0.25, 0.3) is 0 Å². The number of sulfone groups is 1. The highest BCUT2D eigenvalue weighted by Gasteiger charge is 2.22. The zero-order valence-electron chi connectivity index (χ0n) is 12.0. The highest BCUT2D eigenvalue weighted by atomic mass is 32.2. The molecule has 0 radical (unpaired) electrons. The summed E-state index contributed by atoms with van der Waals surface area (Å²) >= 11 is 0. The van der Waals surface area contributed by atoms with E-state index in [1.165, 1.54) is 12.1 Å². The van der Waals surface area contributed by atoms with Gasteiger partial charge >= 0.3 is 11.9 Å². The fraction of sp³-hybridized carbons (Fsp3) is 0.286. The Morgan fingerprint density at radius 3 is 2.14 bits per heavy atom. The first-order valence-electron chi connectivity index (χ1n) is 5.96. The monoisotopic (exact) mass is 312 g/mol. The number of carbonyl (C=O) groups is 2. The molecule has 0 fully saturated rings. The Kier molecular flexibility index (Phi) is 5.66. The van der Waals surface area contributed by atoms with E-state index in [9.17, 15) is 18.0 Å². The Hall–Kier alpha value is -2.15. The van der Waals surface area contributed by atoms with E-state index in [1.54, 1.807) is 12.1 Å². The second-order valence-electron chi connectivity index (χ2n) is 4.26. The molecule has 21 heavy (non-hydrogen) atoms. The Morgan fingerprint density at radius 1 is 1.10 bits per heavy atom. The number of ether oxygens (including phenoxy) is 2. The molecule has 0 heterocycles. The van der Waals surface area contributed by atoms with Gasteiger partial charge in [-0.2, -0.15) is 0 Å². The molecular formula is C14H16O6S. The summed E-state index contributed by atoms with van der Waals surface area (Å²) in [4.78, 5) is 22.8. The van der Waals surface area contributed by atoms with Crippen molar-refractivity contribution in [2.75, 3.05) is 20.0 Å². The van der Waals surface area contributed by atoms with Gasteiger partial charge in [-0.15, -0.1) is 0 Å². The number of methoxy groups -OCH3 is 2. The van der Waals surface area contributed by atoms with Gasteiger partial charge in [0, 0.05) is 6.08 Å². The number of hydrogen-bond acceptors (Lipinski definition) is 6. The first-order valence-corrected chi connectivity index (χ1v) is 7.61. The summed E-state index contributed by atoms with van der Waals surface area (Å²) in [5.74, 6) is -2.36. The van der Waals surface area contributed by atoms with Crippen LogP contribution in [0.5, 0.6) is 0 Å². The lowest BCUT2D eigenvalue weighted by Gasteiger charge is -2.07. The second kappa shape index (κ2) is 7.03. The van der Waals surface area contributed by atoms with E-state index in [2.05, 4.69) is 9.47 Å². The van der Waals surface area contributed by atoms with Crippen molar-refractivity contribution in [1.82, 2.24) is 0 Å². The number of carbonyl (C=O) groups excluding carboxylic acids is 2. The van der Waals surface area contributed by atoms with E-state index in [1.807, 2.05) is 6.92 Å². The smallest absolute Gasteiger partial charge is 0.335 e. The van der Waals surface area contributed by atoms with Gasteiger partial charge < -0.3 is 9.47 Å². The quantitative estimate of drug-likeness (QED) is 0.596. The van der Waals surface area contributed by atoms with E-state index in [0.29, 0.717) is 0 Å². The molecule has 0 saturated heterocycles. The molecule has 0 saturated carbocycles. The molecule has 1 rings (SSSR count). The fourth-order valence-electron chi connectivity index (χ4n) is 1.53. The van der Waals surface area contributed by atoms with Crippen LogP contribution in [0.3, 0.4) is 0 Å². The molecule has 0 amide bonds. The zero-order chi connectivity index (χ0) is 16.0. The average molecular weight is 312 g/mol. The van der Waals surface area contributed by atoms with Gasteiger partial charge in [-0.25, -0.2) is 18.0 Å². The van der Waals surface area contributed by atoms with Crippen molar-refractivity contribution in [3.63, 3.8) is 0 Å². The minimum atomic E-state index is -3.76. The van der Waals surface area contributed by atoms with Crippen LogP contribution in [0.2, 0.25) is 0 Å². The van der Waals surface area contributed by atoms with E-state index in [4.69, 9.17) is 0 Å². The predicted octanol–water partition coefficient (Wildman–Crippen LogP) is 1.04. The summed E-state index contributed by atoms with van der Waals surface area (Å²) in [5, 5.41) is 0. The van der Waals surface area contributed by atoms with Gasteiger partial charge in [0.2, 0.25) is 0 Å². The third kappa shape index (κ3) is 4.71. The molecule has 0 N–H and O–H groups in total. The SMILES string of the molecule is COC(=O)/C=C(\CS(=O)(=O)c1ccc(C)cc1)C(=O)OC. The molecule has 0 atom stereocenters. The van der Waals surface area contributed by atoms with Crippen molar-refractivity contribution in [2.45, 2.75) is 11.8 Å². The van der Waals surface area contributed by atoms with Crippen LogP contribution in [0.4, 0.5) is 0 Å². The molecule has 0 aromatic heterocycles.